The summed E-state index contributed by atoms with van der Waals surface area (Å²) in [5.74, 6) is 0.400. The predicted molar refractivity (Wildman–Crippen MR) is 91.9 cm³/mol. The summed E-state index contributed by atoms with van der Waals surface area (Å²) in [6.07, 6.45) is 1.50. The summed E-state index contributed by atoms with van der Waals surface area (Å²) >= 11 is 1.65. The van der Waals surface area contributed by atoms with Crippen LogP contribution in [0.25, 0.3) is 11.0 Å². The van der Waals surface area contributed by atoms with E-state index < -0.39 is 0 Å². The molecule has 23 heavy (non-hydrogen) atoms. The van der Waals surface area contributed by atoms with Gasteiger partial charge >= 0.3 is 0 Å². The molecule has 0 radical (unpaired) electrons. The summed E-state index contributed by atoms with van der Waals surface area (Å²) in [5, 5.41) is 17.2. The van der Waals surface area contributed by atoms with Crippen LogP contribution in [0.2, 0.25) is 0 Å². The first-order valence-electron chi connectivity index (χ1n) is 7.67. The van der Waals surface area contributed by atoms with E-state index >= 15 is 0 Å². The number of carbonyl (C=O) groups is 1. The lowest BCUT2D eigenvalue weighted by molar-refractivity contribution is 0.0926. The van der Waals surface area contributed by atoms with Gasteiger partial charge in [-0.05, 0) is 53.3 Å². The Balaban J connectivity index is 1.57. The van der Waals surface area contributed by atoms with E-state index in [-0.39, 0.29) is 18.4 Å². The second-order valence-corrected chi connectivity index (χ2v) is 6.24. The predicted octanol–water partition coefficient (Wildman–Crippen LogP) is 3.78. The highest BCUT2D eigenvalue weighted by Crippen LogP contribution is 2.25. The minimum absolute atomic E-state index is 0.151. The van der Waals surface area contributed by atoms with Gasteiger partial charge in [0.15, 0.2) is 5.76 Å². The number of fused-ring (bicyclic) bond motifs is 1. The number of nitrogens with one attached hydrogen (secondary N) is 1. The van der Waals surface area contributed by atoms with Crippen LogP contribution >= 0.6 is 11.3 Å². The van der Waals surface area contributed by atoms with Gasteiger partial charge in [-0.3, -0.25) is 4.79 Å². The largest absolute Gasteiger partial charge is 0.451 e. The van der Waals surface area contributed by atoms with Gasteiger partial charge in [-0.15, -0.1) is 0 Å². The molecule has 0 aliphatic rings. The van der Waals surface area contributed by atoms with Crippen molar-refractivity contribution in [2.45, 2.75) is 18.8 Å². The van der Waals surface area contributed by atoms with Crippen LogP contribution in [0.3, 0.4) is 0 Å². The molecule has 2 N–H and O–H groups in total. The maximum Gasteiger partial charge on any atom is 0.287 e. The molecule has 2 aromatic heterocycles. The number of aliphatic hydroxyl groups is 1. The molecular formula is C18H19NO3S. The molecule has 1 aromatic carbocycles. The van der Waals surface area contributed by atoms with Crippen molar-refractivity contribution in [2.24, 2.45) is 0 Å². The third-order valence-corrected chi connectivity index (χ3v) is 4.62. The van der Waals surface area contributed by atoms with Gasteiger partial charge in [0.05, 0.1) is 0 Å². The molecule has 0 saturated carbocycles. The number of carbonyl (C=O) groups excluding carboxylic acids is 1. The third kappa shape index (κ3) is 3.81. The molecule has 0 aliphatic heterocycles. The van der Waals surface area contributed by atoms with E-state index in [9.17, 15) is 9.90 Å². The lowest BCUT2D eigenvalue weighted by Gasteiger charge is -2.14. The van der Waals surface area contributed by atoms with E-state index in [2.05, 4.69) is 16.8 Å². The number of aliphatic hydroxyl groups excluding tert-OH is 1. The first-order chi connectivity index (χ1) is 11.3. The molecule has 3 rings (SSSR count). The lowest BCUT2D eigenvalue weighted by Crippen LogP contribution is -2.25. The van der Waals surface area contributed by atoms with Crippen molar-refractivity contribution in [3.63, 3.8) is 0 Å². The molecule has 0 spiro atoms. The minimum atomic E-state index is -0.200. The van der Waals surface area contributed by atoms with Gasteiger partial charge in [-0.2, -0.15) is 11.3 Å². The smallest absolute Gasteiger partial charge is 0.287 e. The Morgan fingerprint density at radius 2 is 2.13 bits per heavy atom. The fourth-order valence-corrected chi connectivity index (χ4v) is 3.42. The van der Waals surface area contributed by atoms with Gasteiger partial charge in [-0.25, -0.2) is 0 Å². The van der Waals surface area contributed by atoms with Crippen molar-refractivity contribution in [3.8, 4) is 0 Å². The first kappa shape index (κ1) is 15.8. The first-order valence-corrected chi connectivity index (χ1v) is 8.62. The van der Waals surface area contributed by atoms with Crippen LogP contribution in [0.15, 0.2) is 51.6 Å². The monoisotopic (exact) mass is 329 g/mol. The van der Waals surface area contributed by atoms with Crippen LogP contribution in [0.5, 0.6) is 0 Å². The second-order valence-electron chi connectivity index (χ2n) is 5.46. The molecule has 1 atom stereocenters. The van der Waals surface area contributed by atoms with Crippen molar-refractivity contribution in [1.29, 1.82) is 0 Å². The third-order valence-electron chi connectivity index (χ3n) is 3.92. The zero-order valence-electron chi connectivity index (χ0n) is 12.7. The fraction of sp³-hybridized carbons (Fsp3) is 0.278. The standard InChI is InChI=1S/C18H19NO3S/c20-9-6-13(15-7-10-23-12-15)5-8-19-18(21)17-11-14-3-1-2-4-16(14)22-17/h1-4,7,10-13,20H,5-6,8-9H2,(H,19,21). The number of furan rings is 1. The van der Waals surface area contributed by atoms with Gasteiger partial charge in [0.2, 0.25) is 0 Å². The highest BCUT2D eigenvalue weighted by molar-refractivity contribution is 7.07. The van der Waals surface area contributed by atoms with Gasteiger partial charge < -0.3 is 14.8 Å². The van der Waals surface area contributed by atoms with Crippen LogP contribution in [-0.2, 0) is 0 Å². The summed E-state index contributed by atoms with van der Waals surface area (Å²) in [4.78, 5) is 12.2. The molecule has 0 bridgehead atoms. The van der Waals surface area contributed by atoms with Crippen molar-refractivity contribution in [3.05, 3.63) is 58.5 Å². The Hall–Kier alpha value is -2.11. The molecule has 0 fully saturated rings. The van der Waals surface area contributed by atoms with Crippen LogP contribution in [0.1, 0.15) is 34.9 Å². The van der Waals surface area contributed by atoms with E-state index in [1.807, 2.05) is 29.6 Å². The van der Waals surface area contributed by atoms with E-state index in [0.29, 0.717) is 24.3 Å². The summed E-state index contributed by atoms with van der Waals surface area (Å²) in [7, 11) is 0. The number of thiophene rings is 1. The highest BCUT2D eigenvalue weighted by atomic mass is 32.1. The zero-order valence-corrected chi connectivity index (χ0v) is 13.5. The van der Waals surface area contributed by atoms with Gasteiger partial charge in [0.1, 0.15) is 5.58 Å². The maximum atomic E-state index is 12.2. The molecule has 0 aliphatic carbocycles. The second kappa shape index (κ2) is 7.44. The number of hydrogen-bond acceptors (Lipinski definition) is 4. The molecular weight excluding hydrogens is 310 g/mol. The fourth-order valence-electron chi connectivity index (χ4n) is 2.68. The topological polar surface area (TPSA) is 62.5 Å². The number of para-hydroxylation sites is 1. The molecule has 1 amide bonds. The minimum Gasteiger partial charge on any atom is -0.451 e. The maximum absolute atomic E-state index is 12.2. The Morgan fingerprint density at radius 1 is 1.26 bits per heavy atom. The zero-order chi connectivity index (χ0) is 16.1. The number of rotatable bonds is 7. The SMILES string of the molecule is O=C(NCCC(CCO)c1ccsc1)c1cc2ccccc2o1. The molecule has 4 nitrogen and oxygen atoms in total. The molecule has 1 unspecified atom stereocenters. The Labute approximate surface area is 138 Å². The Kier molecular flexibility index (Phi) is 5.10. The van der Waals surface area contributed by atoms with Crippen molar-refractivity contribution in [1.82, 2.24) is 5.32 Å². The van der Waals surface area contributed by atoms with Crippen LogP contribution < -0.4 is 5.32 Å². The van der Waals surface area contributed by atoms with E-state index in [1.165, 1.54) is 5.56 Å². The average molecular weight is 329 g/mol. The van der Waals surface area contributed by atoms with Crippen molar-refractivity contribution in [2.75, 3.05) is 13.2 Å². The summed E-state index contributed by atoms with van der Waals surface area (Å²) in [6, 6.07) is 11.4. The van der Waals surface area contributed by atoms with Crippen molar-refractivity contribution >= 4 is 28.2 Å². The summed E-state index contributed by atoms with van der Waals surface area (Å²) < 4.78 is 5.56. The quantitative estimate of drug-likeness (QED) is 0.693. The Morgan fingerprint density at radius 3 is 2.87 bits per heavy atom. The molecule has 2 heterocycles. The van der Waals surface area contributed by atoms with Crippen LogP contribution in [0, 0.1) is 0 Å². The summed E-state index contributed by atoms with van der Waals surface area (Å²) in [6.45, 7) is 0.703. The molecule has 120 valence electrons. The lowest BCUT2D eigenvalue weighted by atomic mass is 9.95. The average Bonchev–Trinajstić information content (AvgIpc) is 3.23. The highest BCUT2D eigenvalue weighted by Gasteiger charge is 2.14. The van der Waals surface area contributed by atoms with E-state index in [1.54, 1.807) is 17.4 Å². The summed E-state index contributed by atoms with van der Waals surface area (Å²) in [5.41, 5.74) is 1.94. The van der Waals surface area contributed by atoms with E-state index in [0.717, 1.165) is 11.8 Å². The Bertz CT molecular complexity index is 731. The molecule has 5 heteroatoms. The van der Waals surface area contributed by atoms with Crippen molar-refractivity contribution < 1.29 is 14.3 Å². The number of hydrogen-bond donors (Lipinski definition) is 2. The van der Waals surface area contributed by atoms with E-state index in [4.69, 9.17) is 4.42 Å². The van der Waals surface area contributed by atoms with Gasteiger partial charge in [0.25, 0.3) is 5.91 Å². The van der Waals surface area contributed by atoms with Gasteiger partial charge in [-0.1, -0.05) is 18.2 Å². The van der Waals surface area contributed by atoms with Crippen LogP contribution in [0.4, 0.5) is 0 Å². The number of benzene rings is 1. The van der Waals surface area contributed by atoms with Crippen LogP contribution in [-0.4, -0.2) is 24.2 Å². The molecule has 3 aromatic rings. The normalized spacial score (nSPS) is 12.4. The molecule has 0 saturated heterocycles. The van der Waals surface area contributed by atoms with Gasteiger partial charge in [0, 0.05) is 18.5 Å². The number of amides is 1.